The molecule has 380 valence electrons. The van der Waals surface area contributed by atoms with E-state index < -0.39 is 47.8 Å². The third kappa shape index (κ3) is 11.3. The number of carbonyl (C=O) groups excluding carboxylic acids is 6. The highest BCUT2D eigenvalue weighted by Crippen LogP contribution is 2.41. The van der Waals surface area contributed by atoms with Crippen LogP contribution in [0.5, 0.6) is 5.75 Å². The summed E-state index contributed by atoms with van der Waals surface area (Å²) in [6, 6.07) is 11.2. The SMILES string of the molecule is CCc1c2c(nc3ccc(OC(=O)N(C)C[C@@H]4CCCN4C(=O)OCc4ccc(NC(=O)[C@H](CCCNC(N)=O)NC(=O)[C@@H](NC(C)C)C(C)C)cc4)cc13)-c1cc3c(c(=O)n1C2)COC(=O)[C@]3(O)CC. The number of pyridine rings is 2. The summed E-state index contributed by atoms with van der Waals surface area (Å²) < 4.78 is 18.4. The minimum absolute atomic E-state index is 0.0373. The zero-order chi connectivity index (χ0) is 51.3. The number of benzene rings is 2. The molecule has 3 aliphatic heterocycles. The second-order valence-corrected chi connectivity index (χ2v) is 19.1. The number of likely N-dealkylation sites (N-methyl/N-ethyl adjacent to an activating group) is 1. The first-order chi connectivity index (χ1) is 33.8. The fourth-order valence-corrected chi connectivity index (χ4v) is 9.56. The number of carbonyl (C=O) groups is 6. The van der Waals surface area contributed by atoms with Crippen LogP contribution in [0.15, 0.2) is 53.3 Å². The minimum atomic E-state index is -1.94. The van der Waals surface area contributed by atoms with Crippen LogP contribution < -0.4 is 37.3 Å². The minimum Gasteiger partial charge on any atom is -0.458 e. The van der Waals surface area contributed by atoms with Gasteiger partial charge in [-0.25, -0.2) is 24.2 Å². The number of nitrogens with one attached hydrogen (secondary N) is 4. The summed E-state index contributed by atoms with van der Waals surface area (Å²) in [4.78, 5) is 99.3. The summed E-state index contributed by atoms with van der Waals surface area (Å²) in [7, 11) is 1.61. The lowest BCUT2D eigenvalue weighted by Crippen LogP contribution is -2.54. The zero-order valence-electron chi connectivity index (χ0n) is 41.4. The molecular formula is C51H65N9O11. The van der Waals surface area contributed by atoms with Gasteiger partial charge in [0.15, 0.2) is 5.60 Å². The molecular weight excluding hydrogens is 915 g/mol. The van der Waals surface area contributed by atoms with E-state index in [0.717, 1.165) is 22.9 Å². The van der Waals surface area contributed by atoms with Gasteiger partial charge in [-0.15, -0.1) is 0 Å². The molecule has 4 aromatic rings. The predicted molar refractivity (Wildman–Crippen MR) is 263 cm³/mol. The Labute approximate surface area is 411 Å². The van der Waals surface area contributed by atoms with Crippen LogP contribution in [0.4, 0.5) is 20.1 Å². The zero-order valence-corrected chi connectivity index (χ0v) is 41.4. The van der Waals surface area contributed by atoms with Gasteiger partial charge in [-0.1, -0.05) is 53.7 Å². The summed E-state index contributed by atoms with van der Waals surface area (Å²) in [6.45, 7) is 12.2. The highest BCUT2D eigenvalue weighted by Gasteiger charge is 2.45. The fraction of sp³-hybridized carbons (Fsp3) is 0.490. The quantitative estimate of drug-likeness (QED) is 0.0511. The average Bonchev–Trinajstić information content (AvgIpc) is 3.96. The lowest BCUT2D eigenvalue weighted by atomic mass is 9.86. The monoisotopic (exact) mass is 979 g/mol. The van der Waals surface area contributed by atoms with Crippen LogP contribution in [0.2, 0.25) is 0 Å². The summed E-state index contributed by atoms with van der Waals surface area (Å²) in [5, 5.41) is 23.5. The number of nitrogens with two attached hydrogens (primary N) is 1. The van der Waals surface area contributed by atoms with Crippen molar-refractivity contribution in [1.29, 1.82) is 0 Å². The van der Waals surface area contributed by atoms with E-state index in [1.165, 1.54) is 4.90 Å². The van der Waals surface area contributed by atoms with E-state index in [9.17, 15) is 38.7 Å². The van der Waals surface area contributed by atoms with Crippen LogP contribution >= 0.6 is 0 Å². The van der Waals surface area contributed by atoms with Gasteiger partial charge in [0, 0.05) is 54.9 Å². The Bertz CT molecular complexity index is 2760. The van der Waals surface area contributed by atoms with E-state index >= 15 is 0 Å². The molecule has 2 aromatic carbocycles. The molecule has 5 heterocycles. The lowest BCUT2D eigenvalue weighted by Gasteiger charge is -2.31. The molecule has 1 fully saturated rings. The number of hydrogen-bond donors (Lipinski definition) is 6. The van der Waals surface area contributed by atoms with Crippen molar-refractivity contribution in [1.82, 2.24) is 35.3 Å². The number of likely N-dealkylation sites (tertiary alicyclic amines) is 1. The van der Waals surface area contributed by atoms with Gasteiger partial charge < -0.3 is 60.7 Å². The molecule has 7 N–H and O–H groups in total. The molecule has 0 bridgehead atoms. The van der Waals surface area contributed by atoms with Crippen molar-refractivity contribution in [3.63, 3.8) is 0 Å². The maximum Gasteiger partial charge on any atom is 0.415 e. The van der Waals surface area contributed by atoms with E-state index in [1.807, 2.05) is 34.6 Å². The third-order valence-corrected chi connectivity index (χ3v) is 13.4. The van der Waals surface area contributed by atoms with Crippen LogP contribution in [0, 0.1) is 5.92 Å². The van der Waals surface area contributed by atoms with Gasteiger partial charge in [-0.05, 0) is 92.0 Å². The Balaban J connectivity index is 0.942. The Kier molecular flexibility index (Phi) is 16.0. The Hall–Kier alpha value is -7.06. The number of amides is 6. The van der Waals surface area contributed by atoms with E-state index in [4.69, 9.17) is 24.9 Å². The van der Waals surface area contributed by atoms with Crippen molar-refractivity contribution in [2.45, 2.75) is 130 Å². The molecule has 20 heteroatoms. The Morgan fingerprint density at radius 3 is 2.44 bits per heavy atom. The molecule has 2 aromatic heterocycles. The second kappa shape index (κ2) is 21.9. The number of aromatic nitrogens is 2. The first-order valence-electron chi connectivity index (χ1n) is 24.3. The number of primary amides is 1. The largest absolute Gasteiger partial charge is 0.458 e. The molecule has 0 unspecified atom stereocenters. The summed E-state index contributed by atoms with van der Waals surface area (Å²) in [5.41, 5.74) is 8.00. The van der Waals surface area contributed by atoms with Gasteiger partial charge in [0.05, 0.1) is 41.1 Å². The number of aliphatic hydroxyl groups is 1. The molecule has 0 spiro atoms. The van der Waals surface area contributed by atoms with Gasteiger partial charge in [-0.2, -0.15) is 0 Å². The van der Waals surface area contributed by atoms with Crippen molar-refractivity contribution in [2.75, 3.05) is 32.0 Å². The molecule has 7 rings (SSSR count). The fourth-order valence-electron chi connectivity index (χ4n) is 9.56. The topological polar surface area (TPSA) is 266 Å². The van der Waals surface area contributed by atoms with Crippen molar-refractivity contribution >= 4 is 52.6 Å². The molecule has 0 aliphatic carbocycles. The molecule has 4 atom stereocenters. The van der Waals surface area contributed by atoms with Crippen LogP contribution in [-0.2, 0) is 55.6 Å². The standard InChI is InChI=1S/C51H65N9O11/c1-8-34-35-22-33(18-19-39(35)56-43-36(34)25-60-41(43)23-38-37(46(60)63)27-69-47(64)51(38,68)9-2)71-49(66)58(7)24-32-12-11-21-59(32)50(67)70-26-30-14-16-31(17-15-30)55-44(61)40(13-10-20-53-48(52)65)57-45(62)42(28(3)4)54-29(5)6/h14-19,22-23,28-29,32,40,42,54,68H,8-13,20-21,24-27H2,1-7H3,(H,55,61)(H,57,62)(H3,52,53,65)/t32-,40-,42-,51-/m0/s1. The number of esters is 1. The summed E-state index contributed by atoms with van der Waals surface area (Å²) in [5.74, 6) is -1.28. The van der Waals surface area contributed by atoms with E-state index in [1.54, 1.807) is 72.0 Å². The number of cyclic esters (lactones) is 1. The summed E-state index contributed by atoms with van der Waals surface area (Å²) in [6.07, 6.45) is 1.48. The van der Waals surface area contributed by atoms with Gasteiger partial charge in [0.2, 0.25) is 11.8 Å². The van der Waals surface area contributed by atoms with Crippen LogP contribution in [0.3, 0.4) is 0 Å². The number of hydrogen-bond acceptors (Lipinski definition) is 13. The number of fused-ring (bicyclic) bond motifs is 5. The van der Waals surface area contributed by atoms with Gasteiger partial charge in [0.1, 0.15) is 25.0 Å². The Morgan fingerprint density at radius 1 is 1.01 bits per heavy atom. The van der Waals surface area contributed by atoms with Gasteiger partial charge in [0.25, 0.3) is 5.56 Å². The number of rotatable bonds is 18. The number of urea groups is 1. The molecule has 71 heavy (non-hydrogen) atoms. The van der Waals surface area contributed by atoms with Gasteiger partial charge >= 0.3 is 24.2 Å². The first kappa shape index (κ1) is 51.8. The highest BCUT2D eigenvalue weighted by atomic mass is 16.6. The summed E-state index contributed by atoms with van der Waals surface area (Å²) >= 11 is 0. The molecule has 0 radical (unpaired) electrons. The normalized spacial score (nSPS) is 17.7. The average molecular weight is 980 g/mol. The van der Waals surface area contributed by atoms with Crippen LogP contribution in [-0.4, -0.2) is 111 Å². The smallest absolute Gasteiger partial charge is 0.415 e. The number of ether oxygens (including phenoxy) is 3. The maximum absolute atomic E-state index is 13.8. The highest BCUT2D eigenvalue weighted by molar-refractivity contribution is 5.98. The lowest BCUT2D eigenvalue weighted by molar-refractivity contribution is -0.172. The van der Waals surface area contributed by atoms with Crippen molar-refractivity contribution in [3.05, 3.63) is 86.7 Å². The second-order valence-electron chi connectivity index (χ2n) is 19.1. The van der Waals surface area contributed by atoms with E-state index in [0.29, 0.717) is 59.7 Å². The third-order valence-electron chi connectivity index (χ3n) is 13.4. The van der Waals surface area contributed by atoms with Crippen molar-refractivity contribution < 1.29 is 48.1 Å². The number of anilines is 1. The molecule has 3 aliphatic rings. The predicted octanol–water partition coefficient (Wildman–Crippen LogP) is 4.77. The molecule has 6 amide bonds. The van der Waals surface area contributed by atoms with Crippen molar-refractivity contribution in [3.8, 4) is 17.1 Å². The Morgan fingerprint density at radius 2 is 1.76 bits per heavy atom. The first-order valence-corrected chi connectivity index (χ1v) is 24.3. The van der Waals surface area contributed by atoms with E-state index in [2.05, 4.69) is 21.3 Å². The van der Waals surface area contributed by atoms with E-state index in [-0.39, 0.29) is 86.3 Å². The van der Waals surface area contributed by atoms with Crippen LogP contribution in [0.1, 0.15) is 101 Å². The maximum atomic E-state index is 13.8. The molecule has 1 saturated heterocycles. The number of aryl methyl sites for hydroxylation is 1. The molecule has 20 nitrogen and oxygen atoms in total. The van der Waals surface area contributed by atoms with Gasteiger partial charge in [-0.3, -0.25) is 14.4 Å². The molecule has 0 saturated carbocycles. The number of nitrogens with zero attached hydrogens (tertiary/aromatic N) is 4. The van der Waals surface area contributed by atoms with Crippen molar-refractivity contribution in [2.24, 2.45) is 11.7 Å². The van der Waals surface area contributed by atoms with Crippen LogP contribution in [0.25, 0.3) is 22.3 Å².